The van der Waals surface area contributed by atoms with Gasteiger partial charge in [-0.3, -0.25) is 0 Å². The third-order valence-electron chi connectivity index (χ3n) is 3.28. The van der Waals surface area contributed by atoms with Gasteiger partial charge in [-0.15, -0.1) is 0 Å². The Labute approximate surface area is 148 Å². The van der Waals surface area contributed by atoms with Gasteiger partial charge < -0.3 is 15.8 Å². The van der Waals surface area contributed by atoms with Crippen LogP contribution in [0.3, 0.4) is 0 Å². The maximum Gasteiger partial charge on any atom is 0.338 e. The lowest BCUT2D eigenvalue weighted by molar-refractivity contribution is 0.00694. The molecular formula is C20H25N3O2. The molecule has 0 saturated heterocycles. The number of rotatable bonds is 4. The third kappa shape index (κ3) is 6.30. The van der Waals surface area contributed by atoms with Crippen LogP contribution in [0.15, 0.2) is 53.5 Å². The first kappa shape index (κ1) is 18.5. The molecule has 0 spiro atoms. The Bertz CT molecular complexity index is 777. The predicted octanol–water partition coefficient (Wildman–Crippen LogP) is 3.88. The fourth-order valence-corrected chi connectivity index (χ4v) is 2.22. The molecule has 2 rings (SSSR count). The Morgan fingerprint density at radius 1 is 1.16 bits per heavy atom. The number of anilines is 1. The molecule has 0 heterocycles. The number of aliphatic imine (C=N–C) groups is 1. The molecule has 0 aliphatic rings. The van der Waals surface area contributed by atoms with Crippen molar-refractivity contribution in [2.45, 2.75) is 39.8 Å². The normalized spacial score (nSPS) is 11.9. The van der Waals surface area contributed by atoms with E-state index in [0.29, 0.717) is 18.1 Å². The van der Waals surface area contributed by atoms with Crippen molar-refractivity contribution in [3.63, 3.8) is 0 Å². The van der Waals surface area contributed by atoms with Crippen molar-refractivity contribution < 1.29 is 9.53 Å². The first-order valence-corrected chi connectivity index (χ1v) is 8.19. The number of nitrogens with one attached hydrogen (secondary N) is 1. The number of nitrogens with two attached hydrogens (primary N) is 1. The van der Waals surface area contributed by atoms with Crippen LogP contribution in [-0.2, 0) is 11.3 Å². The predicted molar refractivity (Wildman–Crippen MR) is 102 cm³/mol. The summed E-state index contributed by atoms with van der Waals surface area (Å²) in [6, 6.07) is 15.1. The number of esters is 1. The number of benzene rings is 2. The molecule has 5 nitrogen and oxygen atoms in total. The summed E-state index contributed by atoms with van der Waals surface area (Å²) in [7, 11) is 0. The zero-order valence-electron chi connectivity index (χ0n) is 15.2. The molecular weight excluding hydrogens is 314 g/mol. The lowest BCUT2D eigenvalue weighted by Gasteiger charge is -2.19. The van der Waals surface area contributed by atoms with Gasteiger partial charge in [-0.05, 0) is 63.1 Å². The van der Waals surface area contributed by atoms with Gasteiger partial charge in [0.15, 0.2) is 5.96 Å². The zero-order chi connectivity index (χ0) is 18.4. The van der Waals surface area contributed by atoms with E-state index in [2.05, 4.69) is 10.3 Å². The van der Waals surface area contributed by atoms with E-state index in [1.165, 1.54) is 0 Å². The highest BCUT2D eigenvalue weighted by molar-refractivity contribution is 5.92. The molecule has 132 valence electrons. The minimum absolute atomic E-state index is 0.327. The van der Waals surface area contributed by atoms with E-state index in [1.807, 2.05) is 64.1 Å². The number of hydrogen-bond acceptors (Lipinski definition) is 3. The number of carbonyl (C=O) groups excluding carboxylic acids is 1. The average Bonchev–Trinajstić information content (AvgIpc) is 2.52. The van der Waals surface area contributed by atoms with E-state index in [0.717, 1.165) is 16.8 Å². The smallest absolute Gasteiger partial charge is 0.338 e. The Morgan fingerprint density at radius 2 is 1.88 bits per heavy atom. The molecule has 0 unspecified atom stereocenters. The molecule has 0 fully saturated rings. The van der Waals surface area contributed by atoms with Crippen molar-refractivity contribution in [2.24, 2.45) is 10.7 Å². The highest BCUT2D eigenvalue weighted by atomic mass is 16.6. The average molecular weight is 339 g/mol. The van der Waals surface area contributed by atoms with Crippen molar-refractivity contribution >= 4 is 17.6 Å². The summed E-state index contributed by atoms with van der Waals surface area (Å²) in [6.45, 7) is 7.92. The van der Waals surface area contributed by atoms with Crippen LogP contribution in [0.4, 0.5) is 5.69 Å². The van der Waals surface area contributed by atoms with Gasteiger partial charge in [0.1, 0.15) is 5.60 Å². The van der Waals surface area contributed by atoms with Crippen LogP contribution in [0.5, 0.6) is 0 Å². The third-order valence-corrected chi connectivity index (χ3v) is 3.28. The van der Waals surface area contributed by atoms with Crippen LogP contribution in [0.1, 0.15) is 42.3 Å². The van der Waals surface area contributed by atoms with Gasteiger partial charge >= 0.3 is 5.97 Å². The Hall–Kier alpha value is -2.82. The number of nitrogens with zero attached hydrogens (tertiary/aromatic N) is 1. The van der Waals surface area contributed by atoms with Crippen LogP contribution >= 0.6 is 0 Å². The monoisotopic (exact) mass is 339 g/mol. The van der Waals surface area contributed by atoms with Gasteiger partial charge in [0.2, 0.25) is 0 Å². The molecule has 0 amide bonds. The maximum absolute atomic E-state index is 12.1. The molecule has 2 aromatic carbocycles. The fourth-order valence-electron chi connectivity index (χ4n) is 2.22. The highest BCUT2D eigenvalue weighted by Gasteiger charge is 2.17. The second kappa shape index (κ2) is 7.83. The first-order valence-electron chi connectivity index (χ1n) is 8.19. The van der Waals surface area contributed by atoms with Gasteiger partial charge in [0.25, 0.3) is 0 Å². The molecule has 0 atom stereocenters. The van der Waals surface area contributed by atoms with Gasteiger partial charge in [-0.25, -0.2) is 9.79 Å². The molecule has 0 aliphatic heterocycles. The summed E-state index contributed by atoms with van der Waals surface area (Å²) in [5.74, 6) is -0.0162. The second-order valence-electron chi connectivity index (χ2n) is 6.90. The van der Waals surface area contributed by atoms with Crippen LogP contribution in [0.25, 0.3) is 0 Å². The number of hydrogen-bond donors (Lipinski definition) is 2. The summed E-state index contributed by atoms with van der Waals surface area (Å²) >= 11 is 0. The Balaban J connectivity index is 2.02. The van der Waals surface area contributed by atoms with Gasteiger partial charge in [-0.1, -0.05) is 24.3 Å². The van der Waals surface area contributed by atoms with Gasteiger partial charge in [0.05, 0.1) is 12.1 Å². The molecule has 5 heteroatoms. The van der Waals surface area contributed by atoms with E-state index in [4.69, 9.17) is 10.5 Å². The first-order chi connectivity index (χ1) is 11.7. The van der Waals surface area contributed by atoms with Crippen LogP contribution in [-0.4, -0.2) is 17.5 Å². The largest absolute Gasteiger partial charge is 0.456 e. The van der Waals surface area contributed by atoms with Crippen molar-refractivity contribution in [1.29, 1.82) is 0 Å². The molecule has 25 heavy (non-hydrogen) atoms. The maximum atomic E-state index is 12.1. The van der Waals surface area contributed by atoms with E-state index >= 15 is 0 Å². The van der Waals surface area contributed by atoms with Crippen LogP contribution in [0.2, 0.25) is 0 Å². The minimum atomic E-state index is -0.520. The number of guanidine groups is 1. The van der Waals surface area contributed by atoms with Crippen molar-refractivity contribution in [1.82, 2.24) is 0 Å². The fraction of sp³-hybridized carbons (Fsp3) is 0.300. The van der Waals surface area contributed by atoms with E-state index in [9.17, 15) is 4.79 Å². The molecule has 3 N–H and O–H groups in total. The standard InChI is InChI=1S/C20H25N3O2/c1-14-7-5-10-17(11-14)23-19(21)22-13-15-8-6-9-16(12-15)18(24)25-20(2,3)4/h5-12H,13H2,1-4H3,(H3,21,22,23). The molecule has 0 radical (unpaired) electrons. The second-order valence-corrected chi connectivity index (χ2v) is 6.90. The summed E-state index contributed by atoms with van der Waals surface area (Å²) in [5, 5.41) is 3.06. The topological polar surface area (TPSA) is 76.7 Å². The lowest BCUT2D eigenvalue weighted by atomic mass is 10.1. The Morgan fingerprint density at radius 3 is 2.56 bits per heavy atom. The summed E-state index contributed by atoms with van der Waals surface area (Å²) in [6.07, 6.45) is 0. The van der Waals surface area contributed by atoms with Crippen LogP contribution < -0.4 is 11.1 Å². The number of ether oxygens (including phenoxy) is 1. The summed E-state index contributed by atoms with van der Waals surface area (Å²) in [5.41, 5.74) is 8.84. The molecule has 2 aromatic rings. The zero-order valence-corrected chi connectivity index (χ0v) is 15.2. The summed E-state index contributed by atoms with van der Waals surface area (Å²) in [4.78, 5) is 16.5. The number of carbonyl (C=O) groups is 1. The van der Waals surface area contributed by atoms with E-state index in [-0.39, 0.29) is 5.97 Å². The quantitative estimate of drug-likeness (QED) is 0.503. The van der Waals surface area contributed by atoms with Crippen molar-refractivity contribution in [2.75, 3.05) is 5.32 Å². The number of aryl methyl sites for hydroxylation is 1. The molecule has 0 aromatic heterocycles. The van der Waals surface area contributed by atoms with Crippen molar-refractivity contribution in [3.05, 3.63) is 65.2 Å². The summed E-state index contributed by atoms with van der Waals surface area (Å²) < 4.78 is 5.38. The molecule has 0 saturated carbocycles. The van der Waals surface area contributed by atoms with Gasteiger partial charge in [0, 0.05) is 5.69 Å². The molecule has 0 aliphatic carbocycles. The highest BCUT2D eigenvalue weighted by Crippen LogP contribution is 2.14. The van der Waals surface area contributed by atoms with Gasteiger partial charge in [-0.2, -0.15) is 0 Å². The molecule has 0 bridgehead atoms. The van der Waals surface area contributed by atoms with Crippen LogP contribution in [0, 0.1) is 6.92 Å². The van der Waals surface area contributed by atoms with Crippen molar-refractivity contribution in [3.8, 4) is 0 Å². The lowest BCUT2D eigenvalue weighted by Crippen LogP contribution is -2.24. The minimum Gasteiger partial charge on any atom is -0.456 e. The Kier molecular flexibility index (Phi) is 5.80. The van der Waals surface area contributed by atoms with E-state index in [1.54, 1.807) is 12.1 Å². The van der Waals surface area contributed by atoms with E-state index < -0.39 is 5.60 Å². The SMILES string of the molecule is Cc1cccc(NC(N)=NCc2cccc(C(=O)OC(C)(C)C)c2)c1.